The van der Waals surface area contributed by atoms with Gasteiger partial charge in [0.2, 0.25) is 5.16 Å². The first-order valence-corrected chi connectivity index (χ1v) is 7.82. The molecule has 4 rings (SSSR count). The van der Waals surface area contributed by atoms with Crippen molar-refractivity contribution in [2.24, 2.45) is 0 Å². The normalized spacial score (nSPS) is 21.1. The molecule has 1 aromatic heterocycles. The summed E-state index contributed by atoms with van der Waals surface area (Å²) in [5.74, 6) is 3.54. The van der Waals surface area contributed by atoms with Gasteiger partial charge in [-0.15, -0.1) is 10.2 Å². The molecule has 2 heterocycles. The molecule has 0 spiro atoms. The fourth-order valence-electron chi connectivity index (χ4n) is 2.46. The van der Waals surface area contributed by atoms with E-state index in [0.717, 1.165) is 22.5 Å². The minimum atomic E-state index is 0.284. The summed E-state index contributed by atoms with van der Waals surface area (Å²) in [5, 5.41) is 9.57. The zero-order valence-corrected chi connectivity index (χ0v) is 12.1. The van der Waals surface area contributed by atoms with Gasteiger partial charge in [0.1, 0.15) is 5.75 Å². The summed E-state index contributed by atoms with van der Waals surface area (Å²) in [4.78, 5) is 0. The predicted octanol–water partition coefficient (Wildman–Crippen LogP) is 2.55. The Labute approximate surface area is 121 Å². The average Bonchev–Trinajstić information content (AvgIpc) is 3.26. The van der Waals surface area contributed by atoms with Crippen LogP contribution in [0.2, 0.25) is 0 Å². The first-order chi connectivity index (χ1) is 9.85. The molecule has 1 unspecified atom stereocenters. The molecule has 6 heteroatoms. The second-order valence-electron chi connectivity index (χ2n) is 5.22. The molecule has 0 radical (unpaired) electrons. The quantitative estimate of drug-likeness (QED) is 0.940. The van der Waals surface area contributed by atoms with Crippen LogP contribution in [0.5, 0.6) is 5.75 Å². The molecule has 20 heavy (non-hydrogen) atoms. The van der Waals surface area contributed by atoms with Gasteiger partial charge in [0, 0.05) is 11.7 Å². The van der Waals surface area contributed by atoms with Crippen LogP contribution in [-0.4, -0.2) is 27.7 Å². The van der Waals surface area contributed by atoms with Crippen molar-refractivity contribution in [2.45, 2.75) is 30.0 Å². The molecule has 1 fully saturated rings. The van der Waals surface area contributed by atoms with Crippen molar-refractivity contribution < 1.29 is 4.74 Å². The van der Waals surface area contributed by atoms with E-state index >= 15 is 0 Å². The lowest BCUT2D eigenvalue weighted by Crippen LogP contribution is -2.29. The smallest absolute Gasteiger partial charge is 0.210 e. The highest BCUT2D eigenvalue weighted by molar-refractivity contribution is 7.99. The van der Waals surface area contributed by atoms with E-state index in [1.807, 2.05) is 12.1 Å². The van der Waals surface area contributed by atoms with Gasteiger partial charge in [-0.3, -0.25) is 0 Å². The Morgan fingerprint density at radius 1 is 1.25 bits per heavy atom. The number of hydrogen-bond acceptors (Lipinski definition) is 5. The molecule has 0 bridgehead atoms. The van der Waals surface area contributed by atoms with Crippen molar-refractivity contribution in [2.75, 3.05) is 18.3 Å². The highest BCUT2D eigenvalue weighted by Crippen LogP contribution is 2.41. The van der Waals surface area contributed by atoms with Crippen LogP contribution < -0.4 is 10.2 Å². The van der Waals surface area contributed by atoms with Crippen molar-refractivity contribution in [3.8, 4) is 5.75 Å². The third kappa shape index (κ3) is 2.04. The minimum absolute atomic E-state index is 0.284. The van der Waals surface area contributed by atoms with E-state index < -0.39 is 0 Å². The number of nitrogens with zero attached hydrogens (tertiary/aromatic N) is 3. The summed E-state index contributed by atoms with van der Waals surface area (Å²) in [6, 6.07) is 8.52. The predicted molar refractivity (Wildman–Crippen MR) is 77.8 cm³/mol. The molecule has 1 aliphatic carbocycles. The maximum absolute atomic E-state index is 5.21. The fraction of sp³-hybridized carbons (Fsp3) is 0.429. The van der Waals surface area contributed by atoms with Gasteiger partial charge in [0.05, 0.1) is 13.2 Å². The van der Waals surface area contributed by atoms with Crippen LogP contribution in [-0.2, 0) is 0 Å². The summed E-state index contributed by atoms with van der Waals surface area (Å²) in [5.41, 5.74) is 4.81. The monoisotopic (exact) mass is 288 g/mol. The summed E-state index contributed by atoms with van der Waals surface area (Å²) >= 11 is 1.76. The Morgan fingerprint density at radius 3 is 2.75 bits per heavy atom. The second-order valence-corrected chi connectivity index (χ2v) is 6.20. The first-order valence-electron chi connectivity index (χ1n) is 6.84. The summed E-state index contributed by atoms with van der Waals surface area (Å²) in [6.07, 6.45) is 2.47. The van der Waals surface area contributed by atoms with Crippen molar-refractivity contribution in [3.63, 3.8) is 0 Å². The summed E-state index contributed by atoms with van der Waals surface area (Å²) < 4.78 is 7.29. The van der Waals surface area contributed by atoms with E-state index in [0.29, 0.717) is 5.92 Å². The molecule has 0 amide bonds. The number of hydrogen-bond donors (Lipinski definition) is 1. The molecule has 2 aliphatic rings. The number of rotatable bonds is 3. The van der Waals surface area contributed by atoms with Gasteiger partial charge in [0.25, 0.3) is 0 Å². The van der Waals surface area contributed by atoms with Crippen LogP contribution in [0.1, 0.15) is 36.2 Å². The van der Waals surface area contributed by atoms with Crippen LogP contribution in [0.4, 0.5) is 0 Å². The molecule has 1 saturated carbocycles. The van der Waals surface area contributed by atoms with E-state index in [1.54, 1.807) is 18.9 Å². The van der Waals surface area contributed by atoms with Gasteiger partial charge in [-0.1, -0.05) is 23.9 Å². The number of benzene rings is 1. The minimum Gasteiger partial charge on any atom is -0.497 e. The molecule has 104 valence electrons. The number of thioether (sulfide) groups is 1. The van der Waals surface area contributed by atoms with Crippen molar-refractivity contribution >= 4 is 11.8 Å². The van der Waals surface area contributed by atoms with Crippen molar-refractivity contribution in [1.82, 2.24) is 14.9 Å². The number of fused-ring (bicyclic) bond motifs is 1. The Morgan fingerprint density at radius 2 is 2.05 bits per heavy atom. The number of nitrogens with one attached hydrogen (secondary N) is 1. The van der Waals surface area contributed by atoms with Gasteiger partial charge in [-0.05, 0) is 30.5 Å². The highest BCUT2D eigenvalue weighted by Gasteiger charge is 2.33. The Hall–Kier alpha value is -1.69. The van der Waals surface area contributed by atoms with Gasteiger partial charge in [0.15, 0.2) is 5.82 Å². The molecular formula is C14H16N4OS. The van der Waals surface area contributed by atoms with Crippen LogP contribution in [0.15, 0.2) is 29.4 Å². The summed E-state index contributed by atoms with van der Waals surface area (Å²) in [6.45, 7) is 0. The molecule has 1 atom stereocenters. The zero-order chi connectivity index (χ0) is 13.5. The van der Waals surface area contributed by atoms with Crippen molar-refractivity contribution in [3.05, 3.63) is 35.7 Å². The average molecular weight is 288 g/mol. The zero-order valence-electron chi connectivity index (χ0n) is 11.2. The number of aromatic nitrogens is 3. The topological polar surface area (TPSA) is 52.0 Å². The maximum Gasteiger partial charge on any atom is 0.210 e. The lowest BCUT2D eigenvalue weighted by atomic mass is 10.1. The number of methoxy groups -OCH3 is 1. The molecule has 2 aromatic rings. The maximum atomic E-state index is 5.21. The Balaban J connectivity index is 1.60. The third-order valence-electron chi connectivity index (χ3n) is 3.78. The van der Waals surface area contributed by atoms with Crippen LogP contribution in [0.25, 0.3) is 0 Å². The Kier molecular flexibility index (Phi) is 2.84. The van der Waals surface area contributed by atoms with Crippen LogP contribution in [0, 0.1) is 0 Å². The largest absolute Gasteiger partial charge is 0.497 e. The molecular weight excluding hydrogens is 272 g/mol. The van der Waals surface area contributed by atoms with E-state index in [9.17, 15) is 0 Å². The molecule has 0 saturated heterocycles. The first kappa shape index (κ1) is 12.1. The van der Waals surface area contributed by atoms with Crippen LogP contribution in [0.3, 0.4) is 0 Å². The second kappa shape index (κ2) is 4.70. The standard InChI is InChI=1S/C14H16N4OS/c1-19-11-6-4-9(5-7-11)12-8-20-14-16-15-13(10-2-3-10)18(14)17-12/h4-7,10,12,17H,2-3,8H2,1H3. The molecule has 5 nitrogen and oxygen atoms in total. The highest BCUT2D eigenvalue weighted by atomic mass is 32.2. The lowest BCUT2D eigenvalue weighted by molar-refractivity contribution is 0.414. The van der Waals surface area contributed by atoms with E-state index in [4.69, 9.17) is 4.74 Å². The van der Waals surface area contributed by atoms with Gasteiger partial charge < -0.3 is 10.2 Å². The molecule has 1 N–H and O–H groups in total. The Bertz CT molecular complexity index is 621. The number of ether oxygens (including phenoxy) is 1. The van der Waals surface area contributed by atoms with Gasteiger partial charge >= 0.3 is 0 Å². The molecule has 1 aliphatic heterocycles. The lowest BCUT2D eigenvalue weighted by Gasteiger charge is -2.26. The third-order valence-corrected chi connectivity index (χ3v) is 4.81. The molecule has 1 aromatic carbocycles. The SMILES string of the molecule is COc1ccc(C2CSc3nnc(C4CC4)n3N2)cc1. The van der Waals surface area contributed by atoms with E-state index in [-0.39, 0.29) is 6.04 Å². The van der Waals surface area contributed by atoms with Crippen LogP contribution >= 0.6 is 11.8 Å². The van der Waals surface area contributed by atoms with E-state index in [2.05, 4.69) is 32.4 Å². The van der Waals surface area contributed by atoms with Gasteiger partial charge in [-0.25, -0.2) is 4.68 Å². The van der Waals surface area contributed by atoms with Gasteiger partial charge in [-0.2, -0.15) is 0 Å². The van der Waals surface area contributed by atoms with Crippen molar-refractivity contribution in [1.29, 1.82) is 0 Å². The fourth-order valence-corrected chi connectivity index (χ4v) is 3.42. The van der Waals surface area contributed by atoms with E-state index in [1.165, 1.54) is 18.4 Å². The summed E-state index contributed by atoms with van der Waals surface area (Å²) in [7, 11) is 1.69.